The van der Waals surface area contributed by atoms with Crippen molar-refractivity contribution in [2.75, 3.05) is 13.1 Å². The molecule has 7 heteroatoms. The molecule has 136 valence electrons. The van der Waals surface area contributed by atoms with E-state index in [9.17, 15) is 4.79 Å². The lowest BCUT2D eigenvalue weighted by Gasteiger charge is -2.16. The summed E-state index contributed by atoms with van der Waals surface area (Å²) >= 11 is 12.1. The molecule has 1 atom stereocenters. The maximum absolute atomic E-state index is 12.9. The number of hydrogen-bond donors (Lipinski definition) is 0. The van der Waals surface area contributed by atoms with E-state index in [4.69, 9.17) is 23.2 Å². The van der Waals surface area contributed by atoms with Crippen LogP contribution < -0.4 is 0 Å². The van der Waals surface area contributed by atoms with E-state index in [1.807, 2.05) is 29.2 Å². The summed E-state index contributed by atoms with van der Waals surface area (Å²) in [7, 11) is 0. The molecule has 3 aromatic rings. The fourth-order valence-corrected chi connectivity index (χ4v) is 3.55. The average Bonchev–Trinajstić information content (AvgIpc) is 3.20. The lowest BCUT2D eigenvalue weighted by Crippen LogP contribution is -2.29. The Morgan fingerprint density at radius 1 is 1.04 bits per heavy atom. The second-order valence-electron chi connectivity index (χ2n) is 6.41. The molecule has 0 aliphatic carbocycles. The number of nitrogens with zero attached hydrogens (tertiary/aromatic N) is 4. The van der Waals surface area contributed by atoms with Crippen molar-refractivity contribution < 1.29 is 4.79 Å². The first-order valence-electron chi connectivity index (χ1n) is 8.59. The molecule has 1 amide bonds. The zero-order valence-corrected chi connectivity index (χ0v) is 15.9. The maximum atomic E-state index is 12.9. The molecular weight excluding hydrogens is 383 g/mol. The van der Waals surface area contributed by atoms with Gasteiger partial charge in [0.1, 0.15) is 12.0 Å². The summed E-state index contributed by atoms with van der Waals surface area (Å²) in [5, 5.41) is 0.918. The molecule has 0 spiro atoms. The molecule has 1 aromatic carbocycles. The average molecular weight is 399 g/mol. The van der Waals surface area contributed by atoms with Crippen molar-refractivity contribution in [1.82, 2.24) is 19.9 Å². The highest BCUT2D eigenvalue weighted by Crippen LogP contribution is 2.29. The first kappa shape index (κ1) is 17.9. The van der Waals surface area contributed by atoms with E-state index < -0.39 is 0 Å². The largest absolute Gasteiger partial charge is 0.337 e. The molecule has 1 fully saturated rings. The molecule has 1 aliphatic rings. The van der Waals surface area contributed by atoms with Crippen LogP contribution in [0.15, 0.2) is 55.0 Å². The summed E-state index contributed by atoms with van der Waals surface area (Å²) in [6.45, 7) is 1.33. The number of likely N-dealkylation sites (tertiary alicyclic amines) is 1. The van der Waals surface area contributed by atoms with Gasteiger partial charge in [-0.3, -0.25) is 9.78 Å². The molecule has 0 N–H and O–H groups in total. The highest BCUT2D eigenvalue weighted by Gasteiger charge is 2.29. The number of aromatic nitrogens is 3. The fourth-order valence-electron chi connectivity index (χ4n) is 3.25. The van der Waals surface area contributed by atoms with Crippen LogP contribution in [0.3, 0.4) is 0 Å². The molecule has 5 nitrogen and oxygen atoms in total. The number of halogens is 2. The summed E-state index contributed by atoms with van der Waals surface area (Å²) in [5.41, 5.74) is 2.81. The third-order valence-corrected chi connectivity index (χ3v) is 5.42. The van der Waals surface area contributed by atoms with E-state index >= 15 is 0 Å². The Hall–Kier alpha value is -2.50. The zero-order chi connectivity index (χ0) is 18.8. The molecule has 1 aliphatic heterocycles. The van der Waals surface area contributed by atoms with Crippen molar-refractivity contribution in [2.24, 2.45) is 0 Å². The van der Waals surface area contributed by atoms with Gasteiger partial charge in [0.2, 0.25) is 0 Å². The Morgan fingerprint density at radius 3 is 2.70 bits per heavy atom. The molecule has 4 rings (SSSR count). The minimum absolute atomic E-state index is 0.0999. The van der Waals surface area contributed by atoms with Gasteiger partial charge in [-0.15, -0.1) is 0 Å². The van der Waals surface area contributed by atoms with Crippen molar-refractivity contribution in [1.29, 1.82) is 0 Å². The van der Waals surface area contributed by atoms with Crippen LogP contribution in [0.25, 0.3) is 11.3 Å². The monoisotopic (exact) mass is 398 g/mol. The first-order chi connectivity index (χ1) is 13.1. The number of amides is 1. The Morgan fingerprint density at radius 2 is 1.93 bits per heavy atom. The molecule has 27 heavy (non-hydrogen) atoms. The Kier molecular flexibility index (Phi) is 5.05. The molecule has 1 unspecified atom stereocenters. The predicted octanol–water partition coefficient (Wildman–Crippen LogP) is 4.48. The highest BCUT2D eigenvalue weighted by molar-refractivity contribution is 6.42. The van der Waals surface area contributed by atoms with Crippen molar-refractivity contribution in [3.8, 4) is 11.3 Å². The van der Waals surface area contributed by atoms with Gasteiger partial charge in [0.15, 0.2) is 0 Å². The number of benzene rings is 1. The standard InChI is InChI=1S/C20H16Cl2N4O/c21-15-5-4-13(9-16(15)22)18-10-19(25-12-24-18)20(27)26-8-6-14(11-26)17-3-1-2-7-23-17/h1-5,7,9-10,12,14H,6,8,11H2. The Bertz CT molecular complexity index is 981. The summed E-state index contributed by atoms with van der Waals surface area (Å²) in [6.07, 6.45) is 4.08. The normalized spacial score (nSPS) is 16.5. The molecule has 0 bridgehead atoms. The summed E-state index contributed by atoms with van der Waals surface area (Å²) in [6, 6.07) is 12.8. The van der Waals surface area contributed by atoms with E-state index in [1.54, 1.807) is 24.4 Å². The van der Waals surface area contributed by atoms with Crippen molar-refractivity contribution >= 4 is 29.1 Å². The quantitative estimate of drug-likeness (QED) is 0.652. The zero-order valence-electron chi connectivity index (χ0n) is 14.3. The van der Waals surface area contributed by atoms with Gasteiger partial charge in [-0.1, -0.05) is 35.3 Å². The van der Waals surface area contributed by atoms with Crippen LogP contribution in [-0.4, -0.2) is 38.8 Å². The Balaban J connectivity index is 1.54. The van der Waals surface area contributed by atoms with Gasteiger partial charge < -0.3 is 4.90 Å². The third-order valence-electron chi connectivity index (χ3n) is 4.68. The third kappa shape index (κ3) is 3.80. The molecule has 0 radical (unpaired) electrons. The van der Waals surface area contributed by atoms with Crippen LogP contribution in [-0.2, 0) is 0 Å². The van der Waals surface area contributed by atoms with E-state index in [0.717, 1.165) is 17.7 Å². The van der Waals surface area contributed by atoms with E-state index in [-0.39, 0.29) is 11.8 Å². The molecule has 1 saturated heterocycles. The van der Waals surface area contributed by atoms with Gasteiger partial charge in [-0.25, -0.2) is 9.97 Å². The van der Waals surface area contributed by atoms with Gasteiger partial charge in [0, 0.05) is 36.5 Å². The second-order valence-corrected chi connectivity index (χ2v) is 7.22. The van der Waals surface area contributed by atoms with Crippen LogP contribution in [0.1, 0.15) is 28.5 Å². The van der Waals surface area contributed by atoms with Crippen LogP contribution >= 0.6 is 23.2 Å². The minimum Gasteiger partial charge on any atom is -0.337 e. The SMILES string of the molecule is O=C(c1cc(-c2ccc(Cl)c(Cl)c2)ncn1)N1CCC(c2ccccn2)C1. The maximum Gasteiger partial charge on any atom is 0.272 e. The van der Waals surface area contributed by atoms with Gasteiger partial charge in [-0.2, -0.15) is 0 Å². The van der Waals surface area contributed by atoms with E-state index in [2.05, 4.69) is 15.0 Å². The van der Waals surface area contributed by atoms with Gasteiger partial charge in [-0.05, 0) is 36.8 Å². The number of carbonyl (C=O) groups is 1. The topological polar surface area (TPSA) is 59.0 Å². The molecule has 2 aromatic heterocycles. The summed E-state index contributed by atoms with van der Waals surface area (Å²) in [5.74, 6) is 0.156. The predicted molar refractivity (Wildman–Crippen MR) is 105 cm³/mol. The van der Waals surface area contributed by atoms with Crippen molar-refractivity contribution in [3.05, 3.63) is 76.4 Å². The van der Waals surface area contributed by atoms with Crippen LogP contribution in [0.5, 0.6) is 0 Å². The van der Waals surface area contributed by atoms with Gasteiger partial charge in [0.25, 0.3) is 5.91 Å². The highest BCUT2D eigenvalue weighted by atomic mass is 35.5. The van der Waals surface area contributed by atoms with Crippen LogP contribution in [0.2, 0.25) is 10.0 Å². The first-order valence-corrected chi connectivity index (χ1v) is 9.35. The number of pyridine rings is 1. The fraction of sp³-hybridized carbons (Fsp3) is 0.200. The van der Waals surface area contributed by atoms with Crippen molar-refractivity contribution in [2.45, 2.75) is 12.3 Å². The van der Waals surface area contributed by atoms with Crippen LogP contribution in [0, 0.1) is 0 Å². The molecule has 3 heterocycles. The lowest BCUT2D eigenvalue weighted by atomic mass is 10.0. The minimum atomic E-state index is -0.0999. The lowest BCUT2D eigenvalue weighted by molar-refractivity contribution is 0.0784. The van der Waals surface area contributed by atoms with Crippen molar-refractivity contribution in [3.63, 3.8) is 0 Å². The second kappa shape index (κ2) is 7.62. The van der Waals surface area contributed by atoms with E-state index in [0.29, 0.717) is 34.5 Å². The number of hydrogen-bond acceptors (Lipinski definition) is 4. The van der Waals surface area contributed by atoms with Gasteiger partial charge >= 0.3 is 0 Å². The van der Waals surface area contributed by atoms with Gasteiger partial charge in [0.05, 0.1) is 15.7 Å². The molecule has 0 saturated carbocycles. The van der Waals surface area contributed by atoms with E-state index in [1.165, 1.54) is 6.33 Å². The number of carbonyl (C=O) groups excluding carboxylic acids is 1. The smallest absolute Gasteiger partial charge is 0.272 e. The Labute approximate surface area is 167 Å². The summed E-state index contributed by atoms with van der Waals surface area (Å²) < 4.78 is 0. The number of rotatable bonds is 3. The van der Waals surface area contributed by atoms with Crippen LogP contribution in [0.4, 0.5) is 0 Å². The molecular formula is C20H16Cl2N4O. The summed E-state index contributed by atoms with van der Waals surface area (Å²) in [4.78, 5) is 27.6.